The van der Waals surface area contributed by atoms with Gasteiger partial charge in [-0.1, -0.05) is 18.2 Å². The van der Waals surface area contributed by atoms with Gasteiger partial charge in [0, 0.05) is 31.1 Å². The number of thiophene rings is 1. The van der Waals surface area contributed by atoms with Crippen LogP contribution in [0.2, 0.25) is 0 Å². The number of ether oxygens (including phenoxy) is 1. The first kappa shape index (κ1) is 18.3. The van der Waals surface area contributed by atoms with Crippen LogP contribution in [-0.4, -0.2) is 78.0 Å². The highest BCUT2D eigenvalue weighted by Gasteiger charge is 2.36. The van der Waals surface area contributed by atoms with E-state index in [0.717, 1.165) is 69.0 Å². The van der Waals surface area contributed by atoms with E-state index < -0.39 is 0 Å². The second kappa shape index (κ2) is 7.66. The summed E-state index contributed by atoms with van der Waals surface area (Å²) in [7, 11) is 0. The number of rotatable bonds is 4. The van der Waals surface area contributed by atoms with Crippen molar-refractivity contribution in [3.05, 3.63) is 46.7 Å². The summed E-state index contributed by atoms with van der Waals surface area (Å²) in [5, 5.41) is 5.80. The van der Waals surface area contributed by atoms with Crippen LogP contribution in [0.3, 0.4) is 0 Å². The second-order valence-corrected chi connectivity index (χ2v) is 8.85. The minimum absolute atomic E-state index is 0.0160. The Morgan fingerprint density at radius 1 is 1.07 bits per heavy atom. The number of aromatic nitrogens is 2. The summed E-state index contributed by atoms with van der Waals surface area (Å²) in [5.74, 6) is 1.88. The van der Waals surface area contributed by atoms with Crippen molar-refractivity contribution in [2.24, 2.45) is 4.99 Å². The fourth-order valence-electron chi connectivity index (χ4n) is 4.40. The molecule has 5 heterocycles. The van der Waals surface area contributed by atoms with E-state index >= 15 is 0 Å². The third kappa shape index (κ3) is 3.18. The molecule has 1 fully saturated rings. The molecule has 30 heavy (non-hydrogen) atoms. The van der Waals surface area contributed by atoms with Gasteiger partial charge in [0.25, 0.3) is 0 Å². The Labute approximate surface area is 179 Å². The van der Waals surface area contributed by atoms with Crippen LogP contribution >= 0.6 is 11.3 Å². The molecule has 1 saturated heterocycles. The third-order valence-electron chi connectivity index (χ3n) is 6.01. The molecule has 156 valence electrons. The smallest absolute Gasteiger partial charge is 0.216 e. The highest BCUT2D eigenvalue weighted by atomic mass is 32.1. The molecule has 8 nitrogen and oxygen atoms in total. The molecular weight excluding hydrogens is 398 g/mol. The van der Waals surface area contributed by atoms with Crippen LogP contribution < -0.4 is 10.2 Å². The van der Waals surface area contributed by atoms with Crippen LogP contribution in [0.25, 0.3) is 11.0 Å². The number of fused-ring (bicyclic) bond motifs is 5. The molecule has 0 aliphatic carbocycles. The number of morpholine rings is 1. The maximum atomic E-state index is 5.47. The summed E-state index contributed by atoms with van der Waals surface area (Å²) in [5.41, 5.74) is 2.16. The molecule has 0 saturated carbocycles. The Morgan fingerprint density at radius 2 is 1.93 bits per heavy atom. The van der Waals surface area contributed by atoms with E-state index in [0.29, 0.717) is 6.67 Å². The number of guanidine groups is 1. The maximum Gasteiger partial charge on any atom is 0.216 e. The fraction of sp³-hybridized carbons (Fsp3) is 0.429. The average molecular weight is 424 g/mol. The van der Waals surface area contributed by atoms with Gasteiger partial charge < -0.3 is 10.1 Å². The van der Waals surface area contributed by atoms with Crippen molar-refractivity contribution in [1.29, 1.82) is 0 Å². The van der Waals surface area contributed by atoms with Crippen LogP contribution in [0.4, 0.5) is 5.95 Å². The second-order valence-electron chi connectivity index (χ2n) is 7.87. The molecule has 1 atom stereocenters. The molecule has 1 aromatic carbocycles. The van der Waals surface area contributed by atoms with E-state index in [4.69, 9.17) is 14.7 Å². The normalized spacial score (nSPS) is 22.5. The Hall–Kier alpha value is -2.46. The largest absolute Gasteiger partial charge is 0.379 e. The Bertz CT molecular complexity index is 1060. The summed E-state index contributed by atoms with van der Waals surface area (Å²) < 4.78 is 7.78. The highest BCUT2D eigenvalue weighted by Crippen LogP contribution is 2.35. The molecular formula is C21H25N7OS. The summed E-state index contributed by atoms with van der Waals surface area (Å²) in [6, 6.07) is 12.6. The molecule has 0 amide bonds. The monoisotopic (exact) mass is 423 g/mol. The highest BCUT2D eigenvalue weighted by molar-refractivity contribution is 7.10. The van der Waals surface area contributed by atoms with Gasteiger partial charge in [0.15, 0.2) is 0 Å². The van der Waals surface area contributed by atoms with Gasteiger partial charge in [-0.05, 0) is 23.6 Å². The molecule has 1 unspecified atom stereocenters. The molecule has 0 bridgehead atoms. The number of nitrogens with one attached hydrogen (secondary N) is 1. The Balaban J connectivity index is 1.31. The zero-order chi connectivity index (χ0) is 19.9. The van der Waals surface area contributed by atoms with Crippen LogP contribution in [0.5, 0.6) is 0 Å². The van der Waals surface area contributed by atoms with Crippen molar-refractivity contribution < 1.29 is 4.74 Å². The lowest BCUT2D eigenvalue weighted by Crippen LogP contribution is -2.58. The predicted octanol–water partition coefficient (Wildman–Crippen LogP) is 1.97. The number of hydrogen-bond donors (Lipinski definition) is 1. The lowest BCUT2D eigenvalue weighted by Gasteiger charge is -2.41. The standard InChI is InChI=1S/C21H25N7OS/c1-2-5-17-16(4-1)23-21-27-15-26(8-7-25-9-11-29-12-10-25)14-22-20(27)24-19(28(17)21)18-6-3-13-30-18/h1-6,13,19H,7-12,14-15H2,(H,22,24). The van der Waals surface area contributed by atoms with Gasteiger partial charge in [0.05, 0.1) is 37.6 Å². The van der Waals surface area contributed by atoms with Crippen molar-refractivity contribution in [2.45, 2.75) is 6.17 Å². The average Bonchev–Trinajstić information content (AvgIpc) is 3.46. The number of aliphatic imine (C=N–C) groups is 1. The topological polar surface area (TPSA) is 61.2 Å². The number of benzene rings is 1. The van der Waals surface area contributed by atoms with Crippen molar-refractivity contribution in [1.82, 2.24) is 24.7 Å². The number of anilines is 1. The molecule has 3 aliphatic heterocycles. The number of para-hydroxylation sites is 2. The van der Waals surface area contributed by atoms with Gasteiger partial charge in [0.2, 0.25) is 11.9 Å². The van der Waals surface area contributed by atoms with Gasteiger partial charge in [-0.25, -0.2) is 9.98 Å². The molecule has 2 aromatic heterocycles. The first-order valence-electron chi connectivity index (χ1n) is 10.5. The zero-order valence-corrected chi connectivity index (χ0v) is 17.6. The third-order valence-corrected chi connectivity index (χ3v) is 6.93. The van der Waals surface area contributed by atoms with Crippen molar-refractivity contribution >= 4 is 34.3 Å². The van der Waals surface area contributed by atoms with E-state index in [9.17, 15) is 0 Å². The van der Waals surface area contributed by atoms with Gasteiger partial charge in [0.1, 0.15) is 6.17 Å². The van der Waals surface area contributed by atoms with Crippen LogP contribution in [0, 0.1) is 0 Å². The summed E-state index contributed by atoms with van der Waals surface area (Å²) in [6.45, 7) is 7.25. The molecule has 3 aliphatic rings. The van der Waals surface area contributed by atoms with Gasteiger partial charge in [-0.15, -0.1) is 11.3 Å². The first-order valence-corrected chi connectivity index (χ1v) is 11.4. The van der Waals surface area contributed by atoms with Gasteiger partial charge in [-0.3, -0.25) is 19.3 Å². The first-order chi connectivity index (χ1) is 14.9. The van der Waals surface area contributed by atoms with E-state index in [1.807, 2.05) is 0 Å². The maximum absolute atomic E-state index is 5.47. The van der Waals surface area contributed by atoms with Gasteiger partial charge >= 0.3 is 0 Å². The summed E-state index contributed by atoms with van der Waals surface area (Å²) in [4.78, 5) is 18.2. The van der Waals surface area contributed by atoms with Gasteiger partial charge in [-0.2, -0.15) is 0 Å². The summed E-state index contributed by atoms with van der Waals surface area (Å²) >= 11 is 1.76. The van der Waals surface area contributed by atoms with Crippen LogP contribution in [0.1, 0.15) is 11.0 Å². The van der Waals surface area contributed by atoms with E-state index in [2.05, 4.69) is 66.4 Å². The minimum Gasteiger partial charge on any atom is -0.379 e. The number of nitrogens with zero attached hydrogens (tertiary/aromatic N) is 6. The number of imidazole rings is 1. The number of hydrogen-bond acceptors (Lipinski definition) is 8. The molecule has 0 radical (unpaired) electrons. The molecule has 0 spiro atoms. The van der Waals surface area contributed by atoms with Crippen LogP contribution in [0.15, 0.2) is 46.8 Å². The van der Waals surface area contributed by atoms with E-state index in [1.165, 1.54) is 4.88 Å². The Morgan fingerprint density at radius 3 is 2.80 bits per heavy atom. The Kier molecular flexibility index (Phi) is 4.68. The quantitative estimate of drug-likeness (QED) is 0.693. The van der Waals surface area contributed by atoms with Crippen LogP contribution in [-0.2, 0) is 4.74 Å². The lowest BCUT2D eigenvalue weighted by molar-refractivity contribution is 0.0334. The molecule has 6 rings (SSSR count). The van der Waals surface area contributed by atoms with Crippen molar-refractivity contribution in [3.8, 4) is 0 Å². The lowest BCUT2D eigenvalue weighted by atomic mass is 10.3. The fourth-order valence-corrected chi connectivity index (χ4v) is 5.17. The zero-order valence-electron chi connectivity index (χ0n) is 16.8. The van der Waals surface area contributed by atoms with Crippen molar-refractivity contribution in [3.63, 3.8) is 0 Å². The van der Waals surface area contributed by atoms with E-state index in [1.54, 1.807) is 11.3 Å². The summed E-state index contributed by atoms with van der Waals surface area (Å²) in [6.07, 6.45) is 0.0160. The molecule has 3 aromatic rings. The predicted molar refractivity (Wildman–Crippen MR) is 119 cm³/mol. The minimum atomic E-state index is 0.0160. The SMILES string of the molecule is c1csc(C2NC3=NCN(CCN4CCOCC4)CN3c3nc4ccccc4n32)c1. The van der Waals surface area contributed by atoms with Crippen molar-refractivity contribution in [2.75, 3.05) is 57.6 Å². The molecule has 1 N–H and O–H groups in total. The van der Waals surface area contributed by atoms with E-state index in [-0.39, 0.29) is 6.17 Å². The molecule has 9 heteroatoms.